The number of nitrogens with zero attached hydrogens (tertiary/aromatic N) is 3. The minimum atomic E-state index is -0.113. The van der Waals surface area contributed by atoms with Gasteiger partial charge in [-0.2, -0.15) is 11.8 Å². The van der Waals surface area contributed by atoms with Crippen LogP contribution in [0.15, 0.2) is 0 Å². The van der Waals surface area contributed by atoms with Crippen LogP contribution in [-0.2, 0) is 19.1 Å². The lowest BCUT2D eigenvalue weighted by molar-refractivity contribution is -0.140. The second kappa shape index (κ2) is 29.0. The van der Waals surface area contributed by atoms with Gasteiger partial charge < -0.3 is 29.5 Å². The Morgan fingerprint density at radius 2 is 1.00 bits per heavy atom. The zero-order chi connectivity index (χ0) is 29.0. The Morgan fingerprint density at radius 3 is 1.54 bits per heavy atom. The first-order valence-electron chi connectivity index (χ1n) is 15.1. The zero-order valence-electron chi connectivity index (χ0n) is 25.8. The molecule has 0 aliphatic rings. The highest BCUT2D eigenvalue weighted by molar-refractivity contribution is 8.00. The third kappa shape index (κ3) is 28.8. The van der Waals surface area contributed by atoms with E-state index in [1.165, 1.54) is 71.1 Å². The Bertz CT molecular complexity index is 575. The molecule has 0 radical (unpaired) electrons. The highest BCUT2D eigenvalue weighted by Crippen LogP contribution is 2.09. The molecule has 0 aromatic rings. The van der Waals surface area contributed by atoms with Crippen LogP contribution in [0.25, 0.3) is 0 Å². The van der Waals surface area contributed by atoms with Crippen molar-refractivity contribution >= 4 is 35.5 Å². The van der Waals surface area contributed by atoms with Crippen LogP contribution < -0.4 is 5.32 Å². The molecule has 0 bridgehead atoms. The van der Waals surface area contributed by atoms with E-state index in [4.69, 9.17) is 9.47 Å². The van der Waals surface area contributed by atoms with Crippen molar-refractivity contribution in [3.63, 3.8) is 0 Å². The molecule has 10 heteroatoms. The van der Waals surface area contributed by atoms with Crippen LogP contribution in [-0.4, -0.2) is 136 Å². The molecule has 0 amide bonds. The second-order valence-corrected chi connectivity index (χ2v) is 12.4. The lowest BCUT2D eigenvalue weighted by atomic mass is 10.2. The van der Waals surface area contributed by atoms with E-state index in [0.717, 1.165) is 44.1 Å². The summed E-state index contributed by atoms with van der Waals surface area (Å²) in [4.78, 5) is 30.0. The maximum absolute atomic E-state index is 11.3. The van der Waals surface area contributed by atoms with Crippen molar-refractivity contribution in [3.05, 3.63) is 0 Å². The first-order valence-corrected chi connectivity index (χ1v) is 17.4. The minimum absolute atomic E-state index is 0.0880. The number of carbonyl (C=O) groups excluding carboxylic acids is 2. The molecular formula is C29H60N4O4S2. The smallest absolute Gasteiger partial charge is 0.315 e. The van der Waals surface area contributed by atoms with Gasteiger partial charge in [-0.1, -0.05) is 12.8 Å². The highest BCUT2D eigenvalue weighted by atomic mass is 32.2. The summed E-state index contributed by atoms with van der Waals surface area (Å²) in [6.07, 6.45) is 9.85. The lowest BCUT2D eigenvalue weighted by Gasteiger charge is -2.21. The number of carbonyl (C=O) groups is 2. The molecule has 39 heavy (non-hydrogen) atoms. The normalized spacial score (nSPS) is 11.6. The van der Waals surface area contributed by atoms with Gasteiger partial charge >= 0.3 is 11.9 Å². The van der Waals surface area contributed by atoms with Crippen LogP contribution in [0.4, 0.5) is 0 Å². The average molecular weight is 593 g/mol. The molecule has 0 spiro atoms. The first kappa shape index (κ1) is 38.5. The van der Waals surface area contributed by atoms with Gasteiger partial charge in [-0.3, -0.25) is 9.59 Å². The molecule has 0 heterocycles. The summed E-state index contributed by atoms with van der Waals surface area (Å²) in [5.74, 6) is 2.74. The number of thioether (sulfide) groups is 2. The first-order chi connectivity index (χ1) is 18.9. The molecule has 0 rings (SSSR count). The van der Waals surface area contributed by atoms with Crippen molar-refractivity contribution in [3.8, 4) is 0 Å². The van der Waals surface area contributed by atoms with Crippen molar-refractivity contribution < 1.29 is 19.1 Å². The van der Waals surface area contributed by atoms with E-state index in [0.29, 0.717) is 24.7 Å². The van der Waals surface area contributed by atoms with Crippen LogP contribution in [0.2, 0.25) is 0 Å². The molecule has 0 aromatic heterocycles. The number of hydrogen-bond acceptors (Lipinski definition) is 10. The fourth-order valence-corrected chi connectivity index (χ4v) is 5.59. The Morgan fingerprint density at radius 1 is 0.564 bits per heavy atom. The summed E-state index contributed by atoms with van der Waals surface area (Å²) in [7, 11) is 6.71. The molecule has 0 aliphatic heterocycles. The van der Waals surface area contributed by atoms with E-state index in [-0.39, 0.29) is 11.9 Å². The molecule has 0 atom stereocenters. The van der Waals surface area contributed by atoms with E-state index >= 15 is 0 Å². The Kier molecular flexibility index (Phi) is 28.6. The Hall–Kier alpha value is -0.520. The number of esters is 2. The summed E-state index contributed by atoms with van der Waals surface area (Å²) < 4.78 is 9.87. The molecule has 8 nitrogen and oxygen atoms in total. The van der Waals surface area contributed by atoms with E-state index in [9.17, 15) is 9.59 Å². The Balaban J connectivity index is 3.45. The van der Waals surface area contributed by atoms with Crippen molar-refractivity contribution in [1.29, 1.82) is 0 Å². The van der Waals surface area contributed by atoms with Gasteiger partial charge in [0.2, 0.25) is 0 Å². The van der Waals surface area contributed by atoms with Gasteiger partial charge in [0, 0.05) is 12.3 Å². The summed E-state index contributed by atoms with van der Waals surface area (Å²) in [6, 6.07) is 0. The fourth-order valence-electron chi connectivity index (χ4n) is 4.11. The predicted octanol–water partition coefficient (Wildman–Crippen LogP) is 4.08. The topological polar surface area (TPSA) is 74.4 Å². The largest absolute Gasteiger partial charge is 0.465 e. The maximum atomic E-state index is 11.3. The van der Waals surface area contributed by atoms with Gasteiger partial charge in [-0.05, 0) is 125 Å². The van der Waals surface area contributed by atoms with E-state index in [1.54, 1.807) is 23.5 Å². The summed E-state index contributed by atoms with van der Waals surface area (Å²) in [6.45, 7) is 13.6. The van der Waals surface area contributed by atoms with Gasteiger partial charge in [0.15, 0.2) is 0 Å². The van der Waals surface area contributed by atoms with E-state index in [1.807, 2.05) is 13.8 Å². The second-order valence-electron chi connectivity index (χ2n) is 10.2. The van der Waals surface area contributed by atoms with Gasteiger partial charge in [-0.25, -0.2) is 0 Å². The van der Waals surface area contributed by atoms with Crippen molar-refractivity contribution in [1.82, 2.24) is 20.0 Å². The van der Waals surface area contributed by atoms with Crippen LogP contribution in [0.1, 0.15) is 65.2 Å². The molecule has 0 aliphatic carbocycles. The van der Waals surface area contributed by atoms with Crippen LogP contribution in [0.3, 0.4) is 0 Å². The van der Waals surface area contributed by atoms with Crippen molar-refractivity contribution in [2.24, 2.45) is 0 Å². The SMILES string of the molecule is CCOC(=O)CSCCCCCCN(C)CCCN(C)CCCCN(C)CCCNCCSCC(=O)OCC. The van der Waals surface area contributed by atoms with Gasteiger partial charge in [0.05, 0.1) is 24.7 Å². The monoisotopic (exact) mass is 592 g/mol. The third-order valence-corrected chi connectivity index (χ3v) is 8.30. The molecule has 0 saturated carbocycles. The van der Waals surface area contributed by atoms with Gasteiger partial charge in [0.25, 0.3) is 0 Å². The molecular weight excluding hydrogens is 532 g/mol. The average Bonchev–Trinajstić information content (AvgIpc) is 2.90. The number of ether oxygens (including phenoxy) is 2. The standard InChI is InChI=1S/C29H60N4O4S2/c1-6-36-28(34)26-38-24-13-9-8-10-18-32(4)22-15-23-33(5)20-12-11-19-31(3)21-14-16-30-17-25-39-27-29(35)37-7-2/h30H,6-27H2,1-5H3. The molecule has 232 valence electrons. The third-order valence-electron chi connectivity index (χ3n) is 6.35. The van der Waals surface area contributed by atoms with E-state index in [2.05, 4.69) is 41.2 Å². The summed E-state index contributed by atoms with van der Waals surface area (Å²) in [5.41, 5.74) is 0. The maximum Gasteiger partial charge on any atom is 0.315 e. The molecule has 1 N–H and O–H groups in total. The van der Waals surface area contributed by atoms with Crippen LogP contribution >= 0.6 is 23.5 Å². The number of rotatable bonds is 29. The summed E-state index contributed by atoms with van der Waals surface area (Å²) in [5, 5.41) is 3.46. The Labute approximate surface area is 249 Å². The van der Waals surface area contributed by atoms with Crippen molar-refractivity contribution in [2.45, 2.75) is 65.2 Å². The quantitative estimate of drug-likeness (QED) is 0.101. The predicted molar refractivity (Wildman–Crippen MR) is 170 cm³/mol. The molecule has 0 unspecified atom stereocenters. The van der Waals surface area contributed by atoms with E-state index < -0.39 is 0 Å². The lowest BCUT2D eigenvalue weighted by Crippen LogP contribution is -2.28. The zero-order valence-corrected chi connectivity index (χ0v) is 27.5. The molecule has 0 saturated heterocycles. The number of nitrogens with one attached hydrogen (secondary N) is 1. The minimum Gasteiger partial charge on any atom is -0.465 e. The molecule has 0 aromatic carbocycles. The highest BCUT2D eigenvalue weighted by Gasteiger charge is 2.05. The van der Waals surface area contributed by atoms with Crippen LogP contribution in [0.5, 0.6) is 0 Å². The van der Waals surface area contributed by atoms with Gasteiger partial charge in [0.1, 0.15) is 0 Å². The summed E-state index contributed by atoms with van der Waals surface area (Å²) >= 11 is 3.32. The van der Waals surface area contributed by atoms with Crippen LogP contribution in [0, 0.1) is 0 Å². The number of unbranched alkanes of at least 4 members (excludes halogenated alkanes) is 4. The molecule has 0 fully saturated rings. The fraction of sp³-hybridized carbons (Fsp3) is 0.931. The van der Waals surface area contributed by atoms with Gasteiger partial charge in [-0.15, -0.1) is 11.8 Å². The van der Waals surface area contributed by atoms with Crippen molar-refractivity contribution in [2.75, 3.05) is 110 Å². The number of hydrogen-bond donors (Lipinski definition) is 1.